The second-order valence-electron chi connectivity index (χ2n) is 5.70. The van der Waals surface area contributed by atoms with Crippen LogP contribution in [0.5, 0.6) is 5.75 Å². The highest BCUT2D eigenvalue weighted by Crippen LogP contribution is 2.37. The van der Waals surface area contributed by atoms with E-state index in [4.69, 9.17) is 9.84 Å². The van der Waals surface area contributed by atoms with Gasteiger partial charge in [-0.3, -0.25) is 4.68 Å². The summed E-state index contributed by atoms with van der Waals surface area (Å²) in [6, 6.07) is 7.51. The number of carbonyl (C=O) groups is 1. The molecule has 2 heterocycles. The van der Waals surface area contributed by atoms with Crippen molar-refractivity contribution < 1.29 is 14.6 Å². The van der Waals surface area contributed by atoms with Gasteiger partial charge in [0.15, 0.2) is 5.69 Å². The molecule has 20 heavy (non-hydrogen) atoms. The Kier molecular flexibility index (Phi) is 2.61. The number of aromatic nitrogens is 2. The molecule has 1 aromatic heterocycles. The molecule has 0 amide bonds. The molecule has 3 rings (SSSR count). The summed E-state index contributed by atoms with van der Waals surface area (Å²) in [4.78, 5) is 11.0. The van der Waals surface area contributed by atoms with Crippen LogP contribution in [0.25, 0.3) is 11.3 Å². The van der Waals surface area contributed by atoms with Crippen LogP contribution in [0, 0.1) is 0 Å². The quantitative estimate of drug-likeness (QED) is 0.912. The molecule has 0 aliphatic carbocycles. The number of aromatic carboxylic acids is 1. The maximum absolute atomic E-state index is 11.0. The van der Waals surface area contributed by atoms with Crippen LogP contribution in [-0.4, -0.2) is 26.5 Å². The summed E-state index contributed by atoms with van der Waals surface area (Å²) in [6.07, 6.45) is 0.847. The second kappa shape index (κ2) is 4.10. The number of fused-ring (bicyclic) bond motifs is 1. The van der Waals surface area contributed by atoms with Gasteiger partial charge in [0, 0.05) is 19.0 Å². The van der Waals surface area contributed by atoms with Crippen molar-refractivity contribution in [2.45, 2.75) is 25.9 Å². The fourth-order valence-corrected chi connectivity index (χ4v) is 2.61. The van der Waals surface area contributed by atoms with E-state index in [1.54, 1.807) is 17.8 Å². The molecule has 0 radical (unpaired) electrons. The van der Waals surface area contributed by atoms with Gasteiger partial charge >= 0.3 is 5.97 Å². The van der Waals surface area contributed by atoms with Crippen LogP contribution in [-0.2, 0) is 13.5 Å². The smallest absolute Gasteiger partial charge is 0.356 e. The molecular weight excluding hydrogens is 256 g/mol. The second-order valence-corrected chi connectivity index (χ2v) is 5.70. The lowest BCUT2D eigenvalue weighted by atomic mass is 9.99. The molecule has 1 aromatic carbocycles. The third kappa shape index (κ3) is 2.05. The summed E-state index contributed by atoms with van der Waals surface area (Å²) < 4.78 is 7.43. The maximum atomic E-state index is 11.0. The van der Waals surface area contributed by atoms with E-state index in [0.717, 1.165) is 29.0 Å². The van der Waals surface area contributed by atoms with Crippen LogP contribution in [0.1, 0.15) is 29.9 Å². The monoisotopic (exact) mass is 272 g/mol. The van der Waals surface area contributed by atoms with E-state index in [2.05, 4.69) is 18.9 Å². The maximum Gasteiger partial charge on any atom is 0.356 e. The van der Waals surface area contributed by atoms with Gasteiger partial charge in [-0.15, -0.1) is 0 Å². The molecule has 0 bridgehead atoms. The Morgan fingerprint density at radius 3 is 2.80 bits per heavy atom. The highest BCUT2D eigenvalue weighted by atomic mass is 16.5. The van der Waals surface area contributed by atoms with Crippen molar-refractivity contribution in [2.24, 2.45) is 7.05 Å². The molecule has 5 nitrogen and oxygen atoms in total. The Morgan fingerprint density at radius 1 is 1.40 bits per heavy atom. The number of carboxylic acid groups (broad SMARTS) is 1. The Hall–Kier alpha value is -2.30. The van der Waals surface area contributed by atoms with Crippen molar-refractivity contribution in [1.29, 1.82) is 0 Å². The van der Waals surface area contributed by atoms with Crippen LogP contribution >= 0.6 is 0 Å². The number of nitrogens with zero attached hydrogens (tertiary/aromatic N) is 2. The zero-order chi connectivity index (χ0) is 14.5. The summed E-state index contributed by atoms with van der Waals surface area (Å²) in [5, 5.41) is 13.0. The van der Waals surface area contributed by atoms with Crippen LogP contribution in [0.4, 0.5) is 0 Å². The van der Waals surface area contributed by atoms with Gasteiger partial charge < -0.3 is 9.84 Å². The summed E-state index contributed by atoms with van der Waals surface area (Å²) in [5.41, 5.74) is 2.76. The highest BCUT2D eigenvalue weighted by Gasteiger charge is 2.30. The van der Waals surface area contributed by atoms with Gasteiger partial charge in [-0.05, 0) is 43.7 Å². The first-order chi connectivity index (χ1) is 9.35. The van der Waals surface area contributed by atoms with E-state index in [-0.39, 0.29) is 11.3 Å². The molecule has 1 N–H and O–H groups in total. The number of hydrogen-bond acceptors (Lipinski definition) is 3. The normalized spacial score (nSPS) is 15.8. The topological polar surface area (TPSA) is 64.4 Å². The fourth-order valence-electron chi connectivity index (χ4n) is 2.61. The highest BCUT2D eigenvalue weighted by molar-refractivity contribution is 5.87. The van der Waals surface area contributed by atoms with E-state index >= 15 is 0 Å². The van der Waals surface area contributed by atoms with Crippen molar-refractivity contribution in [1.82, 2.24) is 9.78 Å². The zero-order valence-corrected chi connectivity index (χ0v) is 11.7. The molecule has 0 saturated heterocycles. The van der Waals surface area contributed by atoms with E-state index in [1.807, 2.05) is 18.2 Å². The summed E-state index contributed by atoms with van der Waals surface area (Å²) in [6.45, 7) is 4.11. The summed E-state index contributed by atoms with van der Waals surface area (Å²) in [7, 11) is 1.75. The molecule has 0 spiro atoms. The SMILES string of the molecule is Cn1nc(C(=O)O)cc1-c1ccc2c(c1)CC(C)(C)O2. The van der Waals surface area contributed by atoms with E-state index in [1.165, 1.54) is 0 Å². The minimum Gasteiger partial charge on any atom is -0.487 e. The van der Waals surface area contributed by atoms with E-state index in [9.17, 15) is 4.79 Å². The van der Waals surface area contributed by atoms with Crippen molar-refractivity contribution in [3.05, 3.63) is 35.5 Å². The predicted molar refractivity (Wildman–Crippen MR) is 74.0 cm³/mol. The Bertz CT molecular complexity index is 701. The Balaban J connectivity index is 2.03. The molecule has 0 atom stereocenters. The van der Waals surface area contributed by atoms with E-state index in [0.29, 0.717) is 0 Å². The third-order valence-corrected chi connectivity index (χ3v) is 3.46. The number of ether oxygens (including phenoxy) is 1. The average molecular weight is 272 g/mol. The van der Waals surface area contributed by atoms with Crippen LogP contribution in [0.2, 0.25) is 0 Å². The number of carboxylic acids is 1. The standard InChI is InChI=1S/C15H16N2O3/c1-15(2)8-10-6-9(4-5-13(10)20-15)12-7-11(14(18)19)16-17(12)3/h4-7H,8H2,1-3H3,(H,18,19). The van der Waals surface area contributed by atoms with Crippen molar-refractivity contribution in [2.75, 3.05) is 0 Å². The van der Waals surface area contributed by atoms with Crippen molar-refractivity contribution in [3.63, 3.8) is 0 Å². The molecule has 0 fully saturated rings. The molecule has 1 aliphatic rings. The lowest BCUT2D eigenvalue weighted by Crippen LogP contribution is -2.24. The molecule has 5 heteroatoms. The van der Waals surface area contributed by atoms with Gasteiger partial charge in [-0.25, -0.2) is 4.79 Å². The fraction of sp³-hybridized carbons (Fsp3) is 0.333. The molecule has 2 aromatic rings. The minimum absolute atomic E-state index is 0.0552. The van der Waals surface area contributed by atoms with Crippen LogP contribution in [0.3, 0.4) is 0 Å². The third-order valence-electron chi connectivity index (χ3n) is 3.46. The largest absolute Gasteiger partial charge is 0.487 e. The molecule has 104 valence electrons. The molecular formula is C15H16N2O3. The van der Waals surface area contributed by atoms with Crippen molar-refractivity contribution >= 4 is 5.97 Å². The number of benzene rings is 1. The minimum atomic E-state index is -1.02. The van der Waals surface area contributed by atoms with Crippen molar-refractivity contribution in [3.8, 4) is 17.0 Å². The van der Waals surface area contributed by atoms with Gasteiger partial charge in [0.2, 0.25) is 0 Å². The van der Waals surface area contributed by atoms with E-state index < -0.39 is 5.97 Å². The van der Waals surface area contributed by atoms with Gasteiger partial charge in [0.1, 0.15) is 11.4 Å². The first-order valence-electron chi connectivity index (χ1n) is 6.45. The summed E-state index contributed by atoms with van der Waals surface area (Å²) in [5.74, 6) is -0.114. The lowest BCUT2D eigenvalue weighted by molar-refractivity contribution is 0.0689. The molecule has 0 unspecified atom stereocenters. The average Bonchev–Trinajstić information content (AvgIpc) is 2.86. The number of hydrogen-bond donors (Lipinski definition) is 1. The molecule has 1 aliphatic heterocycles. The van der Waals surface area contributed by atoms with Gasteiger partial charge in [0.25, 0.3) is 0 Å². The van der Waals surface area contributed by atoms with Gasteiger partial charge in [0.05, 0.1) is 5.69 Å². The lowest BCUT2D eigenvalue weighted by Gasteiger charge is -2.16. The van der Waals surface area contributed by atoms with Crippen LogP contribution < -0.4 is 4.74 Å². The number of rotatable bonds is 2. The van der Waals surface area contributed by atoms with Gasteiger partial charge in [-0.1, -0.05) is 0 Å². The first-order valence-corrected chi connectivity index (χ1v) is 6.45. The number of aryl methyl sites for hydroxylation is 1. The van der Waals surface area contributed by atoms with Crippen LogP contribution in [0.15, 0.2) is 24.3 Å². The Morgan fingerprint density at radius 2 is 2.15 bits per heavy atom. The summed E-state index contributed by atoms with van der Waals surface area (Å²) >= 11 is 0. The van der Waals surface area contributed by atoms with Gasteiger partial charge in [-0.2, -0.15) is 5.10 Å². The molecule has 0 saturated carbocycles. The Labute approximate surface area is 116 Å². The predicted octanol–water partition coefficient (Wildman–Crippen LogP) is 2.50. The zero-order valence-electron chi connectivity index (χ0n) is 11.7. The first kappa shape index (κ1) is 12.7.